The number of hydrogen-bond acceptors (Lipinski definition) is 3. The Morgan fingerprint density at radius 1 is 1.60 bits per heavy atom. The van der Waals surface area contributed by atoms with Crippen molar-refractivity contribution in [3.8, 4) is 0 Å². The van der Waals surface area contributed by atoms with Crippen LogP contribution in [0, 0.1) is 11.3 Å². The van der Waals surface area contributed by atoms with E-state index in [1.165, 1.54) is 0 Å². The monoisotopic (exact) mass is 215 g/mol. The fourth-order valence-corrected chi connectivity index (χ4v) is 1.44. The molecule has 0 radical (unpaired) electrons. The van der Waals surface area contributed by atoms with Crippen LogP contribution in [0.15, 0.2) is 0 Å². The minimum absolute atomic E-state index is 0.00334. The Bertz CT molecular complexity index is 214. The Kier molecular flexibility index (Phi) is 4.54. The Morgan fingerprint density at radius 3 is 2.73 bits per heavy atom. The highest BCUT2D eigenvalue weighted by molar-refractivity contribution is 5.78. The SMILES string of the molecule is COCCC(C)C(=O)NCC1(CO)CC1. The van der Waals surface area contributed by atoms with Gasteiger partial charge in [0.15, 0.2) is 0 Å². The standard InChI is InChI=1S/C11H21NO3/c1-9(3-6-15-2)10(14)12-7-11(8-13)4-5-11/h9,13H,3-8H2,1-2H3,(H,12,14). The van der Waals surface area contributed by atoms with Crippen LogP contribution in [0.2, 0.25) is 0 Å². The van der Waals surface area contributed by atoms with Crippen LogP contribution in [0.5, 0.6) is 0 Å². The van der Waals surface area contributed by atoms with Gasteiger partial charge in [-0.25, -0.2) is 0 Å². The predicted molar refractivity (Wildman–Crippen MR) is 57.4 cm³/mol. The largest absolute Gasteiger partial charge is 0.396 e. The Labute approximate surface area is 91.0 Å². The van der Waals surface area contributed by atoms with E-state index < -0.39 is 0 Å². The van der Waals surface area contributed by atoms with Crippen LogP contribution < -0.4 is 5.32 Å². The van der Waals surface area contributed by atoms with E-state index in [4.69, 9.17) is 9.84 Å². The second-order valence-corrected chi connectivity index (χ2v) is 4.56. The summed E-state index contributed by atoms with van der Waals surface area (Å²) in [5.74, 6) is 0.0474. The van der Waals surface area contributed by atoms with E-state index >= 15 is 0 Å². The molecule has 0 spiro atoms. The van der Waals surface area contributed by atoms with Gasteiger partial charge in [0.1, 0.15) is 0 Å². The van der Waals surface area contributed by atoms with Gasteiger partial charge in [0.05, 0.1) is 6.61 Å². The molecule has 0 saturated heterocycles. The zero-order chi connectivity index (χ0) is 11.3. The molecule has 0 bridgehead atoms. The van der Waals surface area contributed by atoms with Gasteiger partial charge < -0.3 is 15.2 Å². The van der Waals surface area contributed by atoms with Crippen molar-refractivity contribution >= 4 is 5.91 Å². The first-order valence-electron chi connectivity index (χ1n) is 5.51. The quantitative estimate of drug-likeness (QED) is 0.652. The maximum absolute atomic E-state index is 11.6. The summed E-state index contributed by atoms with van der Waals surface area (Å²) >= 11 is 0. The molecule has 2 N–H and O–H groups in total. The van der Waals surface area contributed by atoms with E-state index in [2.05, 4.69) is 5.32 Å². The zero-order valence-electron chi connectivity index (χ0n) is 9.58. The molecular weight excluding hydrogens is 194 g/mol. The predicted octanol–water partition coefficient (Wildman–Crippen LogP) is 0.548. The molecular formula is C11H21NO3. The second kappa shape index (κ2) is 5.47. The lowest BCUT2D eigenvalue weighted by atomic mass is 10.1. The molecule has 0 aromatic rings. The van der Waals surface area contributed by atoms with E-state index in [9.17, 15) is 4.79 Å². The van der Waals surface area contributed by atoms with Gasteiger partial charge in [-0.05, 0) is 19.3 Å². The summed E-state index contributed by atoms with van der Waals surface area (Å²) in [4.78, 5) is 11.6. The molecule has 4 heteroatoms. The van der Waals surface area contributed by atoms with Gasteiger partial charge in [0, 0.05) is 31.6 Å². The summed E-state index contributed by atoms with van der Waals surface area (Å²) in [7, 11) is 1.63. The molecule has 1 atom stereocenters. The third-order valence-electron chi connectivity index (χ3n) is 3.13. The average Bonchev–Trinajstić information content (AvgIpc) is 3.03. The fraction of sp³-hybridized carbons (Fsp3) is 0.909. The number of ether oxygens (including phenoxy) is 1. The van der Waals surface area contributed by atoms with Gasteiger partial charge in [0.2, 0.25) is 5.91 Å². The highest BCUT2D eigenvalue weighted by Gasteiger charge is 2.42. The summed E-state index contributed by atoms with van der Waals surface area (Å²) in [6, 6.07) is 0. The van der Waals surface area contributed by atoms with E-state index in [0.29, 0.717) is 13.2 Å². The molecule has 15 heavy (non-hydrogen) atoms. The number of aliphatic hydroxyl groups excluding tert-OH is 1. The number of methoxy groups -OCH3 is 1. The van der Waals surface area contributed by atoms with Crippen LogP contribution in [0.4, 0.5) is 0 Å². The number of aliphatic hydroxyl groups is 1. The minimum Gasteiger partial charge on any atom is -0.396 e. The van der Waals surface area contributed by atoms with Crippen LogP contribution in [0.25, 0.3) is 0 Å². The zero-order valence-corrected chi connectivity index (χ0v) is 9.58. The van der Waals surface area contributed by atoms with E-state index in [1.807, 2.05) is 6.92 Å². The molecule has 1 rings (SSSR count). The summed E-state index contributed by atoms with van der Waals surface area (Å²) < 4.78 is 4.92. The molecule has 1 amide bonds. The van der Waals surface area contributed by atoms with Gasteiger partial charge in [-0.1, -0.05) is 6.92 Å². The highest BCUT2D eigenvalue weighted by atomic mass is 16.5. The molecule has 0 heterocycles. The molecule has 0 aromatic heterocycles. The molecule has 88 valence electrons. The van der Waals surface area contributed by atoms with Gasteiger partial charge in [-0.15, -0.1) is 0 Å². The summed E-state index contributed by atoms with van der Waals surface area (Å²) in [5.41, 5.74) is -0.00334. The van der Waals surface area contributed by atoms with Crippen molar-refractivity contribution < 1.29 is 14.6 Å². The van der Waals surface area contributed by atoms with E-state index in [1.54, 1.807) is 7.11 Å². The lowest BCUT2D eigenvalue weighted by Crippen LogP contribution is -2.35. The summed E-state index contributed by atoms with van der Waals surface area (Å²) in [6.45, 7) is 3.30. The maximum atomic E-state index is 11.6. The van der Waals surface area contributed by atoms with Gasteiger partial charge in [0.25, 0.3) is 0 Å². The number of amides is 1. The number of rotatable bonds is 7. The van der Waals surface area contributed by atoms with Crippen molar-refractivity contribution in [3.63, 3.8) is 0 Å². The third kappa shape index (κ3) is 3.80. The van der Waals surface area contributed by atoms with E-state index in [-0.39, 0.29) is 23.8 Å². The Hall–Kier alpha value is -0.610. The van der Waals surface area contributed by atoms with Crippen molar-refractivity contribution in [1.82, 2.24) is 5.32 Å². The van der Waals surface area contributed by atoms with Crippen LogP contribution in [0.1, 0.15) is 26.2 Å². The highest BCUT2D eigenvalue weighted by Crippen LogP contribution is 2.44. The van der Waals surface area contributed by atoms with Crippen molar-refractivity contribution in [1.29, 1.82) is 0 Å². The number of carbonyl (C=O) groups excluding carboxylic acids is 1. The van der Waals surface area contributed by atoms with Crippen molar-refractivity contribution in [2.24, 2.45) is 11.3 Å². The van der Waals surface area contributed by atoms with Gasteiger partial charge in [-0.3, -0.25) is 4.79 Å². The number of carbonyl (C=O) groups is 1. The van der Waals surface area contributed by atoms with Crippen LogP contribution in [0.3, 0.4) is 0 Å². The Balaban J connectivity index is 2.17. The van der Waals surface area contributed by atoms with Crippen molar-refractivity contribution in [2.75, 3.05) is 26.9 Å². The van der Waals surface area contributed by atoms with Crippen molar-refractivity contribution in [3.05, 3.63) is 0 Å². The van der Waals surface area contributed by atoms with Crippen LogP contribution in [-0.2, 0) is 9.53 Å². The van der Waals surface area contributed by atoms with Crippen LogP contribution in [-0.4, -0.2) is 37.9 Å². The smallest absolute Gasteiger partial charge is 0.222 e. The lowest BCUT2D eigenvalue weighted by molar-refractivity contribution is -0.125. The molecule has 0 aliphatic heterocycles. The molecule has 1 saturated carbocycles. The molecule has 1 fully saturated rings. The van der Waals surface area contributed by atoms with E-state index in [0.717, 1.165) is 19.3 Å². The molecule has 1 aliphatic rings. The van der Waals surface area contributed by atoms with Gasteiger partial charge >= 0.3 is 0 Å². The summed E-state index contributed by atoms with van der Waals surface area (Å²) in [6.07, 6.45) is 2.79. The molecule has 1 unspecified atom stereocenters. The third-order valence-corrected chi connectivity index (χ3v) is 3.13. The first kappa shape index (κ1) is 12.5. The van der Waals surface area contributed by atoms with Crippen LogP contribution >= 0.6 is 0 Å². The Morgan fingerprint density at radius 2 is 2.27 bits per heavy atom. The topological polar surface area (TPSA) is 58.6 Å². The van der Waals surface area contributed by atoms with Gasteiger partial charge in [-0.2, -0.15) is 0 Å². The molecule has 1 aliphatic carbocycles. The summed E-state index contributed by atoms with van der Waals surface area (Å²) in [5, 5.41) is 12.0. The average molecular weight is 215 g/mol. The first-order chi connectivity index (χ1) is 7.13. The van der Waals surface area contributed by atoms with Crippen molar-refractivity contribution in [2.45, 2.75) is 26.2 Å². The lowest BCUT2D eigenvalue weighted by Gasteiger charge is -2.15. The minimum atomic E-state index is -0.0144. The molecule has 4 nitrogen and oxygen atoms in total. The normalized spacial score (nSPS) is 19.7. The first-order valence-corrected chi connectivity index (χ1v) is 5.51. The number of hydrogen-bond donors (Lipinski definition) is 2. The number of nitrogens with one attached hydrogen (secondary N) is 1. The fourth-order valence-electron chi connectivity index (χ4n) is 1.44. The maximum Gasteiger partial charge on any atom is 0.222 e. The molecule has 0 aromatic carbocycles. The second-order valence-electron chi connectivity index (χ2n) is 4.56.